The third kappa shape index (κ3) is 3.16. The van der Waals surface area contributed by atoms with Crippen molar-refractivity contribution in [3.05, 3.63) is 65.0 Å². The Bertz CT molecular complexity index is 589. The van der Waals surface area contributed by atoms with Crippen LogP contribution in [0, 0.1) is 6.92 Å². The van der Waals surface area contributed by atoms with Gasteiger partial charge in [0.1, 0.15) is 0 Å². The van der Waals surface area contributed by atoms with E-state index in [0.29, 0.717) is 12.0 Å². The third-order valence-electron chi connectivity index (χ3n) is 4.46. The van der Waals surface area contributed by atoms with Crippen molar-refractivity contribution in [1.29, 1.82) is 0 Å². The van der Waals surface area contributed by atoms with Gasteiger partial charge in [-0.1, -0.05) is 37.3 Å². The van der Waals surface area contributed by atoms with Crippen LogP contribution in [0.3, 0.4) is 0 Å². The molecule has 0 aliphatic heterocycles. The monoisotopic (exact) mass is 280 g/mol. The molecular weight excluding hydrogens is 256 g/mol. The Labute approximate surface area is 127 Å². The quantitative estimate of drug-likeness (QED) is 0.859. The molecule has 2 nitrogen and oxygen atoms in total. The maximum atomic E-state index is 4.46. The van der Waals surface area contributed by atoms with Gasteiger partial charge in [0.15, 0.2) is 0 Å². The highest BCUT2D eigenvalue weighted by Gasteiger charge is 2.28. The molecule has 3 rings (SSSR count). The van der Waals surface area contributed by atoms with Crippen LogP contribution in [-0.4, -0.2) is 11.5 Å². The topological polar surface area (TPSA) is 24.9 Å². The van der Waals surface area contributed by atoms with Crippen molar-refractivity contribution < 1.29 is 0 Å². The minimum absolute atomic E-state index is 0.413. The minimum Gasteiger partial charge on any atom is -0.310 e. The number of aryl methyl sites for hydroxylation is 1. The van der Waals surface area contributed by atoms with Crippen LogP contribution in [0.5, 0.6) is 0 Å². The van der Waals surface area contributed by atoms with E-state index in [4.69, 9.17) is 0 Å². The molecule has 1 aliphatic rings. The Morgan fingerprint density at radius 3 is 2.81 bits per heavy atom. The zero-order valence-corrected chi connectivity index (χ0v) is 13.0. The SMILES string of the molecule is CCCNC(CC1Cc2ccccc21)c1ccc(C)nc1. The summed E-state index contributed by atoms with van der Waals surface area (Å²) in [6.07, 6.45) is 5.59. The van der Waals surface area contributed by atoms with Crippen LogP contribution in [0.2, 0.25) is 0 Å². The molecule has 0 amide bonds. The second kappa shape index (κ2) is 6.40. The van der Waals surface area contributed by atoms with Gasteiger partial charge in [-0.25, -0.2) is 0 Å². The Morgan fingerprint density at radius 1 is 1.24 bits per heavy atom. The van der Waals surface area contributed by atoms with Crippen molar-refractivity contribution in [1.82, 2.24) is 10.3 Å². The summed E-state index contributed by atoms with van der Waals surface area (Å²) >= 11 is 0. The van der Waals surface area contributed by atoms with Gasteiger partial charge in [-0.15, -0.1) is 0 Å². The summed E-state index contributed by atoms with van der Waals surface area (Å²) in [6.45, 7) is 5.32. The zero-order valence-electron chi connectivity index (χ0n) is 13.0. The number of pyridine rings is 1. The summed E-state index contributed by atoms with van der Waals surface area (Å²) in [5.74, 6) is 0.692. The lowest BCUT2D eigenvalue weighted by Crippen LogP contribution is -2.27. The van der Waals surface area contributed by atoms with Crippen molar-refractivity contribution >= 4 is 0 Å². The van der Waals surface area contributed by atoms with Crippen LogP contribution in [0.4, 0.5) is 0 Å². The lowest BCUT2D eigenvalue weighted by Gasteiger charge is -2.33. The van der Waals surface area contributed by atoms with Crippen molar-refractivity contribution in [3.8, 4) is 0 Å². The van der Waals surface area contributed by atoms with E-state index in [0.717, 1.165) is 18.7 Å². The highest BCUT2D eigenvalue weighted by atomic mass is 14.9. The molecule has 0 bridgehead atoms. The molecular formula is C19H24N2. The van der Waals surface area contributed by atoms with E-state index >= 15 is 0 Å². The van der Waals surface area contributed by atoms with Gasteiger partial charge in [0.25, 0.3) is 0 Å². The number of nitrogens with zero attached hydrogens (tertiary/aromatic N) is 1. The van der Waals surface area contributed by atoms with E-state index in [1.165, 1.54) is 24.0 Å². The van der Waals surface area contributed by atoms with Crippen LogP contribution in [0.1, 0.15) is 54.1 Å². The second-order valence-electron chi connectivity index (χ2n) is 6.08. The summed E-state index contributed by atoms with van der Waals surface area (Å²) in [6, 6.07) is 13.6. The van der Waals surface area contributed by atoms with E-state index < -0.39 is 0 Å². The minimum atomic E-state index is 0.413. The maximum absolute atomic E-state index is 4.46. The van der Waals surface area contributed by atoms with E-state index in [2.05, 4.69) is 53.6 Å². The number of hydrogen-bond donors (Lipinski definition) is 1. The standard InChI is InChI=1S/C19H24N2/c1-3-10-20-19(16-9-8-14(2)21-13-16)12-17-11-15-6-4-5-7-18(15)17/h4-9,13,17,19-20H,3,10-12H2,1-2H3. The van der Waals surface area contributed by atoms with Crippen molar-refractivity contribution in [2.75, 3.05) is 6.54 Å². The van der Waals surface area contributed by atoms with Gasteiger partial charge >= 0.3 is 0 Å². The third-order valence-corrected chi connectivity index (χ3v) is 4.46. The molecule has 2 atom stereocenters. The molecule has 0 radical (unpaired) electrons. The first-order valence-electron chi connectivity index (χ1n) is 8.01. The largest absolute Gasteiger partial charge is 0.310 e. The molecule has 1 heterocycles. The summed E-state index contributed by atoms with van der Waals surface area (Å²) in [5, 5.41) is 3.70. The molecule has 2 unspecified atom stereocenters. The number of benzene rings is 1. The Morgan fingerprint density at radius 2 is 2.10 bits per heavy atom. The first-order valence-corrected chi connectivity index (χ1v) is 8.01. The molecule has 110 valence electrons. The molecule has 0 spiro atoms. The fourth-order valence-corrected chi connectivity index (χ4v) is 3.20. The van der Waals surface area contributed by atoms with Gasteiger partial charge in [0.2, 0.25) is 0 Å². The molecule has 1 aromatic heterocycles. The predicted molar refractivity (Wildman–Crippen MR) is 87.5 cm³/mol. The molecule has 1 aromatic carbocycles. The fourth-order valence-electron chi connectivity index (χ4n) is 3.20. The first-order chi connectivity index (χ1) is 10.3. The van der Waals surface area contributed by atoms with E-state index in [9.17, 15) is 0 Å². The number of nitrogens with one attached hydrogen (secondary N) is 1. The van der Waals surface area contributed by atoms with Crippen molar-refractivity contribution in [2.24, 2.45) is 0 Å². The lowest BCUT2D eigenvalue weighted by molar-refractivity contribution is 0.427. The zero-order chi connectivity index (χ0) is 14.7. The smallest absolute Gasteiger partial charge is 0.0372 e. The van der Waals surface area contributed by atoms with Gasteiger partial charge in [-0.2, -0.15) is 0 Å². The number of hydrogen-bond acceptors (Lipinski definition) is 2. The fraction of sp³-hybridized carbons (Fsp3) is 0.421. The van der Waals surface area contributed by atoms with Gasteiger partial charge in [0, 0.05) is 17.9 Å². The Kier molecular flexibility index (Phi) is 4.35. The van der Waals surface area contributed by atoms with Crippen LogP contribution in [0.25, 0.3) is 0 Å². The number of rotatable bonds is 6. The highest BCUT2D eigenvalue weighted by molar-refractivity contribution is 5.40. The molecule has 1 aliphatic carbocycles. The van der Waals surface area contributed by atoms with Crippen LogP contribution >= 0.6 is 0 Å². The Balaban J connectivity index is 1.73. The maximum Gasteiger partial charge on any atom is 0.0372 e. The molecule has 1 N–H and O–H groups in total. The van der Waals surface area contributed by atoms with Gasteiger partial charge < -0.3 is 5.32 Å². The summed E-state index contributed by atoms with van der Waals surface area (Å²) < 4.78 is 0. The first kappa shape index (κ1) is 14.3. The van der Waals surface area contributed by atoms with E-state index in [-0.39, 0.29) is 0 Å². The Hall–Kier alpha value is -1.67. The second-order valence-corrected chi connectivity index (χ2v) is 6.08. The molecule has 2 heteroatoms. The van der Waals surface area contributed by atoms with E-state index in [1.807, 2.05) is 13.1 Å². The average Bonchev–Trinajstić information content (AvgIpc) is 2.49. The van der Waals surface area contributed by atoms with Gasteiger partial charge in [-0.3, -0.25) is 4.98 Å². The average molecular weight is 280 g/mol. The van der Waals surface area contributed by atoms with Crippen LogP contribution < -0.4 is 5.32 Å². The van der Waals surface area contributed by atoms with Crippen LogP contribution in [0.15, 0.2) is 42.6 Å². The van der Waals surface area contributed by atoms with Crippen molar-refractivity contribution in [3.63, 3.8) is 0 Å². The molecule has 0 saturated heterocycles. The lowest BCUT2D eigenvalue weighted by atomic mass is 9.74. The highest BCUT2D eigenvalue weighted by Crippen LogP contribution is 2.40. The van der Waals surface area contributed by atoms with Crippen LogP contribution in [-0.2, 0) is 6.42 Å². The molecule has 2 aromatic rings. The number of aromatic nitrogens is 1. The summed E-state index contributed by atoms with van der Waals surface area (Å²) in [7, 11) is 0. The van der Waals surface area contributed by atoms with Gasteiger partial charge in [0.05, 0.1) is 0 Å². The number of fused-ring (bicyclic) bond motifs is 1. The summed E-state index contributed by atoms with van der Waals surface area (Å²) in [5.41, 5.74) is 5.47. The normalized spacial score (nSPS) is 17.9. The molecule has 0 saturated carbocycles. The van der Waals surface area contributed by atoms with Crippen molar-refractivity contribution in [2.45, 2.75) is 45.1 Å². The van der Waals surface area contributed by atoms with Gasteiger partial charge in [-0.05, 0) is 61.4 Å². The predicted octanol–water partition coefficient (Wildman–Crippen LogP) is 4.16. The van der Waals surface area contributed by atoms with E-state index in [1.54, 1.807) is 5.56 Å². The summed E-state index contributed by atoms with van der Waals surface area (Å²) in [4.78, 5) is 4.46. The molecule has 21 heavy (non-hydrogen) atoms. The molecule has 0 fully saturated rings.